The van der Waals surface area contributed by atoms with E-state index >= 15 is 0 Å². The summed E-state index contributed by atoms with van der Waals surface area (Å²) in [6, 6.07) is 0. The van der Waals surface area contributed by atoms with Crippen molar-refractivity contribution in [1.29, 1.82) is 0 Å². The summed E-state index contributed by atoms with van der Waals surface area (Å²) in [5.74, 6) is -0.420. The molecule has 5 nitrogen and oxygen atoms in total. The molecular formula is C57H104O5. The summed E-state index contributed by atoms with van der Waals surface area (Å²) < 4.78 is 17.4. The van der Waals surface area contributed by atoms with Crippen molar-refractivity contribution < 1.29 is 23.8 Å². The standard InChI is InChI=1S/C57H104O5/c1-4-7-10-13-16-19-22-25-27-28-29-31-34-37-40-43-46-49-52-60-53-55(62-57(59)51-48-45-42-39-36-32-24-21-18-15-12-9-6-3)54-61-56(58)50-47-44-41-38-35-33-30-26-23-20-17-14-11-8-5-2/h9,12,18,21,25,27,32,36,55H,4-8,10-11,13-17,19-20,22-24,26,28-31,33-35,37-54H2,1-3H3/b12-9-,21-18-,27-25-,36-32-. The highest BCUT2D eigenvalue weighted by Crippen LogP contribution is 2.15. The topological polar surface area (TPSA) is 61.8 Å². The second kappa shape index (κ2) is 53.2. The molecule has 0 amide bonds. The lowest BCUT2D eigenvalue weighted by Gasteiger charge is -2.18. The average molecular weight is 869 g/mol. The zero-order valence-corrected chi connectivity index (χ0v) is 41.6. The van der Waals surface area contributed by atoms with Gasteiger partial charge in [0.25, 0.3) is 0 Å². The molecule has 0 radical (unpaired) electrons. The normalized spacial score (nSPS) is 12.5. The Balaban J connectivity index is 4.26. The van der Waals surface area contributed by atoms with Gasteiger partial charge in [-0.25, -0.2) is 0 Å². The molecule has 0 aromatic rings. The molecule has 0 aromatic carbocycles. The van der Waals surface area contributed by atoms with Gasteiger partial charge in [-0.05, 0) is 77.0 Å². The van der Waals surface area contributed by atoms with Gasteiger partial charge < -0.3 is 14.2 Å². The Morgan fingerprint density at radius 2 is 0.726 bits per heavy atom. The first-order valence-electron chi connectivity index (χ1n) is 27.2. The molecule has 0 aliphatic carbocycles. The third-order valence-electron chi connectivity index (χ3n) is 11.8. The molecule has 1 atom stereocenters. The van der Waals surface area contributed by atoms with E-state index in [1.807, 2.05) is 0 Å². The molecule has 5 heteroatoms. The van der Waals surface area contributed by atoms with Crippen LogP contribution in [0, 0.1) is 0 Å². The molecule has 0 aliphatic heterocycles. The molecule has 362 valence electrons. The van der Waals surface area contributed by atoms with Crippen molar-refractivity contribution in [3.05, 3.63) is 48.6 Å². The van der Waals surface area contributed by atoms with Crippen LogP contribution in [0.2, 0.25) is 0 Å². The Morgan fingerprint density at radius 1 is 0.371 bits per heavy atom. The summed E-state index contributed by atoms with van der Waals surface area (Å²) >= 11 is 0. The minimum absolute atomic E-state index is 0.0758. The summed E-state index contributed by atoms with van der Waals surface area (Å²) in [7, 11) is 0. The Hall–Kier alpha value is -2.14. The van der Waals surface area contributed by atoms with Crippen LogP contribution in [-0.2, 0) is 23.8 Å². The molecular weight excluding hydrogens is 765 g/mol. The maximum absolute atomic E-state index is 12.8. The fourth-order valence-electron chi connectivity index (χ4n) is 7.81. The van der Waals surface area contributed by atoms with Crippen LogP contribution in [0.15, 0.2) is 48.6 Å². The van der Waals surface area contributed by atoms with Gasteiger partial charge in [0.05, 0.1) is 6.61 Å². The van der Waals surface area contributed by atoms with E-state index in [0.717, 1.165) is 70.6 Å². The number of hydrogen-bond donors (Lipinski definition) is 0. The van der Waals surface area contributed by atoms with Crippen LogP contribution in [-0.4, -0.2) is 37.9 Å². The SMILES string of the molecule is CC/C=C\C/C=C\C/C=C\CCCCCC(=O)OC(COCCCCCCCCCC/C=C\CCCCCCCC)COC(=O)CCCCCCCCCCCCCCCCC. The molecule has 0 fully saturated rings. The number of carbonyl (C=O) groups excluding carboxylic acids is 2. The Labute approximate surface area is 386 Å². The highest BCUT2D eigenvalue weighted by Gasteiger charge is 2.17. The molecule has 0 bridgehead atoms. The Kier molecular flexibility index (Phi) is 51.4. The number of hydrogen-bond acceptors (Lipinski definition) is 5. The molecule has 0 spiro atoms. The van der Waals surface area contributed by atoms with Gasteiger partial charge in [-0.2, -0.15) is 0 Å². The van der Waals surface area contributed by atoms with Crippen molar-refractivity contribution in [2.75, 3.05) is 19.8 Å². The van der Waals surface area contributed by atoms with Gasteiger partial charge in [0, 0.05) is 19.4 Å². The molecule has 0 saturated carbocycles. The lowest BCUT2D eigenvalue weighted by Crippen LogP contribution is -2.30. The van der Waals surface area contributed by atoms with Crippen LogP contribution in [0.25, 0.3) is 0 Å². The largest absolute Gasteiger partial charge is 0.462 e. The van der Waals surface area contributed by atoms with Crippen LogP contribution >= 0.6 is 0 Å². The van der Waals surface area contributed by atoms with E-state index in [-0.39, 0.29) is 25.2 Å². The lowest BCUT2D eigenvalue weighted by atomic mass is 10.0. The molecule has 0 aromatic heterocycles. The minimum Gasteiger partial charge on any atom is -0.462 e. The van der Waals surface area contributed by atoms with E-state index in [2.05, 4.69) is 69.4 Å². The highest BCUT2D eigenvalue weighted by molar-refractivity contribution is 5.70. The summed E-state index contributed by atoms with van der Waals surface area (Å²) in [4.78, 5) is 25.4. The fraction of sp³-hybridized carbons (Fsp3) is 0.825. The Morgan fingerprint density at radius 3 is 1.19 bits per heavy atom. The predicted octanol–water partition coefficient (Wildman–Crippen LogP) is 18.3. The number of ether oxygens (including phenoxy) is 3. The second-order valence-corrected chi connectivity index (χ2v) is 18.1. The number of rotatable bonds is 50. The van der Waals surface area contributed by atoms with E-state index in [1.54, 1.807) is 0 Å². The zero-order chi connectivity index (χ0) is 44.9. The maximum Gasteiger partial charge on any atom is 0.306 e. The summed E-state index contributed by atoms with van der Waals surface area (Å²) in [6.07, 6.45) is 65.6. The van der Waals surface area contributed by atoms with Crippen molar-refractivity contribution >= 4 is 11.9 Å². The Bertz CT molecular complexity index is 1030. The summed E-state index contributed by atoms with van der Waals surface area (Å²) in [5.41, 5.74) is 0. The molecule has 0 saturated heterocycles. The van der Waals surface area contributed by atoms with E-state index in [4.69, 9.17) is 14.2 Å². The molecule has 62 heavy (non-hydrogen) atoms. The predicted molar refractivity (Wildman–Crippen MR) is 270 cm³/mol. The zero-order valence-electron chi connectivity index (χ0n) is 41.6. The smallest absolute Gasteiger partial charge is 0.306 e. The first kappa shape index (κ1) is 59.9. The maximum atomic E-state index is 12.8. The monoisotopic (exact) mass is 869 g/mol. The van der Waals surface area contributed by atoms with Gasteiger partial charge in [-0.1, -0.05) is 236 Å². The van der Waals surface area contributed by atoms with Crippen LogP contribution in [0.4, 0.5) is 0 Å². The minimum atomic E-state index is -0.550. The van der Waals surface area contributed by atoms with Crippen LogP contribution in [0.5, 0.6) is 0 Å². The van der Waals surface area contributed by atoms with Crippen molar-refractivity contribution in [3.63, 3.8) is 0 Å². The van der Waals surface area contributed by atoms with Gasteiger partial charge in [0.1, 0.15) is 6.61 Å². The van der Waals surface area contributed by atoms with Crippen LogP contribution in [0.3, 0.4) is 0 Å². The number of allylic oxidation sites excluding steroid dienone is 8. The summed E-state index contributed by atoms with van der Waals surface area (Å²) in [6.45, 7) is 7.71. The van der Waals surface area contributed by atoms with Gasteiger partial charge in [-0.3, -0.25) is 9.59 Å². The number of carbonyl (C=O) groups is 2. The second-order valence-electron chi connectivity index (χ2n) is 18.1. The van der Waals surface area contributed by atoms with Gasteiger partial charge in [-0.15, -0.1) is 0 Å². The molecule has 0 heterocycles. The molecule has 1 unspecified atom stereocenters. The quantitative estimate of drug-likeness (QED) is 0.0346. The third kappa shape index (κ3) is 50.5. The van der Waals surface area contributed by atoms with Crippen LogP contribution < -0.4 is 0 Å². The fourth-order valence-corrected chi connectivity index (χ4v) is 7.81. The lowest BCUT2D eigenvalue weighted by molar-refractivity contribution is -0.163. The first-order chi connectivity index (χ1) is 30.6. The van der Waals surface area contributed by atoms with Gasteiger partial charge >= 0.3 is 11.9 Å². The van der Waals surface area contributed by atoms with Crippen molar-refractivity contribution in [3.8, 4) is 0 Å². The number of esters is 2. The van der Waals surface area contributed by atoms with Gasteiger partial charge in [0.15, 0.2) is 6.10 Å². The van der Waals surface area contributed by atoms with Gasteiger partial charge in [0.2, 0.25) is 0 Å². The number of unbranched alkanes of at least 4 members (excludes halogenated alkanes) is 31. The van der Waals surface area contributed by atoms with Crippen LogP contribution in [0.1, 0.15) is 278 Å². The molecule has 0 N–H and O–H groups in total. The average Bonchev–Trinajstić information content (AvgIpc) is 3.27. The van der Waals surface area contributed by atoms with Crippen molar-refractivity contribution in [1.82, 2.24) is 0 Å². The van der Waals surface area contributed by atoms with E-state index in [0.29, 0.717) is 19.4 Å². The third-order valence-corrected chi connectivity index (χ3v) is 11.8. The molecule has 0 rings (SSSR count). The molecule has 0 aliphatic rings. The van der Waals surface area contributed by atoms with Crippen molar-refractivity contribution in [2.45, 2.75) is 284 Å². The van der Waals surface area contributed by atoms with E-state index < -0.39 is 6.10 Å². The summed E-state index contributed by atoms with van der Waals surface area (Å²) in [5, 5.41) is 0. The van der Waals surface area contributed by atoms with Crippen molar-refractivity contribution in [2.24, 2.45) is 0 Å². The van der Waals surface area contributed by atoms with E-state index in [9.17, 15) is 9.59 Å². The van der Waals surface area contributed by atoms with E-state index in [1.165, 1.54) is 173 Å². The highest BCUT2D eigenvalue weighted by atomic mass is 16.6. The first-order valence-corrected chi connectivity index (χ1v) is 27.2.